The number of hydrogen-bond acceptors (Lipinski definition) is 2. The molecule has 2 heteroatoms. The Morgan fingerprint density at radius 2 is 1.76 bits per heavy atom. The average Bonchev–Trinajstić information content (AvgIpc) is 2.76. The predicted octanol–water partition coefficient (Wildman–Crippen LogP) is 4.14. The third kappa shape index (κ3) is 3.08. The number of nitriles is 1. The highest BCUT2D eigenvalue weighted by Crippen LogP contribution is 2.28. The molecule has 1 aliphatic heterocycles. The van der Waals surface area contributed by atoms with E-state index in [9.17, 15) is 5.26 Å². The van der Waals surface area contributed by atoms with Gasteiger partial charge in [-0.3, -0.25) is 0 Å². The molecule has 0 fully saturated rings. The molecule has 0 bridgehead atoms. The van der Waals surface area contributed by atoms with Crippen molar-refractivity contribution in [3.63, 3.8) is 0 Å². The summed E-state index contributed by atoms with van der Waals surface area (Å²) in [6.45, 7) is 1.82. The van der Waals surface area contributed by atoms with Crippen LogP contribution < -0.4 is 4.90 Å². The van der Waals surface area contributed by atoms with Crippen molar-refractivity contribution in [2.45, 2.75) is 25.2 Å². The van der Waals surface area contributed by atoms with Crippen molar-refractivity contribution in [1.82, 2.24) is 0 Å². The highest BCUT2D eigenvalue weighted by molar-refractivity contribution is 5.55. The zero-order valence-corrected chi connectivity index (χ0v) is 12.2. The van der Waals surface area contributed by atoms with E-state index < -0.39 is 0 Å². The summed E-state index contributed by atoms with van der Waals surface area (Å²) >= 11 is 0. The largest absolute Gasteiger partial charge is 0.370 e. The molecule has 0 aliphatic carbocycles. The molecule has 106 valence electrons. The molecule has 1 atom stereocenters. The second-order valence-electron chi connectivity index (χ2n) is 5.62. The summed E-state index contributed by atoms with van der Waals surface area (Å²) in [5.41, 5.74) is 3.84. The van der Waals surface area contributed by atoms with Crippen LogP contribution >= 0.6 is 0 Å². The summed E-state index contributed by atoms with van der Waals surface area (Å²) in [4.78, 5) is 2.39. The molecule has 0 N–H and O–H groups in total. The van der Waals surface area contributed by atoms with Gasteiger partial charge in [-0.2, -0.15) is 5.26 Å². The van der Waals surface area contributed by atoms with Crippen molar-refractivity contribution < 1.29 is 0 Å². The van der Waals surface area contributed by atoms with Gasteiger partial charge in [-0.05, 0) is 36.5 Å². The van der Waals surface area contributed by atoms with Crippen molar-refractivity contribution >= 4 is 5.69 Å². The minimum Gasteiger partial charge on any atom is -0.370 e. The van der Waals surface area contributed by atoms with Crippen LogP contribution in [0.4, 0.5) is 5.69 Å². The predicted molar refractivity (Wildman–Crippen MR) is 86.4 cm³/mol. The quantitative estimate of drug-likeness (QED) is 0.842. The van der Waals surface area contributed by atoms with Crippen LogP contribution in [0.5, 0.6) is 0 Å². The van der Waals surface area contributed by atoms with E-state index >= 15 is 0 Å². The van der Waals surface area contributed by atoms with Crippen LogP contribution in [0.2, 0.25) is 0 Å². The molecule has 1 unspecified atom stereocenters. The van der Waals surface area contributed by atoms with Crippen LogP contribution in [0.3, 0.4) is 0 Å². The van der Waals surface area contributed by atoms with E-state index in [2.05, 4.69) is 47.4 Å². The number of nitrogens with zero attached hydrogens (tertiary/aromatic N) is 2. The lowest BCUT2D eigenvalue weighted by Crippen LogP contribution is -2.29. The number of rotatable bonds is 3. The average molecular weight is 276 g/mol. The van der Waals surface area contributed by atoms with E-state index in [1.807, 2.05) is 18.2 Å². The molecule has 0 saturated carbocycles. The third-order valence-electron chi connectivity index (χ3n) is 4.22. The van der Waals surface area contributed by atoms with Gasteiger partial charge in [-0.1, -0.05) is 48.5 Å². The Morgan fingerprint density at radius 3 is 2.57 bits per heavy atom. The fraction of sp³-hybridized carbons (Fsp3) is 0.316. The molecule has 21 heavy (non-hydrogen) atoms. The minimum atomic E-state index is -0.0719. The normalized spacial score (nSPS) is 15.7. The van der Waals surface area contributed by atoms with Crippen molar-refractivity contribution in [2.75, 3.05) is 18.0 Å². The Morgan fingerprint density at radius 1 is 1.00 bits per heavy atom. The summed E-state index contributed by atoms with van der Waals surface area (Å²) in [5, 5.41) is 9.55. The number of para-hydroxylation sites is 1. The molecule has 2 aromatic carbocycles. The number of fused-ring (bicyclic) bond motifs is 1. The molecule has 0 aromatic heterocycles. The second-order valence-corrected chi connectivity index (χ2v) is 5.62. The molecule has 0 radical (unpaired) electrons. The van der Waals surface area contributed by atoms with Gasteiger partial charge < -0.3 is 4.90 Å². The number of aryl methyl sites for hydroxylation is 1. The Hall–Kier alpha value is -2.27. The molecule has 1 aliphatic rings. The first-order chi connectivity index (χ1) is 10.4. The Kier molecular flexibility index (Phi) is 4.21. The highest BCUT2D eigenvalue weighted by Gasteiger charge is 2.19. The van der Waals surface area contributed by atoms with Crippen molar-refractivity contribution in [1.29, 1.82) is 5.26 Å². The van der Waals surface area contributed by atoms with Crippen molar-refractivity contribution in [2.24, 2.45) is 0 Å². The van der Waals surface area contributed by atoms with Gasteiger partial charge in [0, 0.05) is 18.8 Å². The summed E-state index contributed by atoms with van der Waals surface area (Å²) in [6, 6.07) is 21.2. The molecule has 2 aromatic rings. The smallest absolute Gasteiger partial charge is 0.0887 e. The fourth-order valence-corrected chi connectivity index (χ4v) is 3.09. The fourth-order valence-electron chi connectivity index (χ4n) is 3.09. The molecule has 2 nitrogen and oxygen atoms in total. The SMILES string of the molecule is N#CC(CN1CCCCc2ccccc21)c1ccccc1. The summed E-state index contributed by atoms with van der Waals surface area (Å²) < 4.78 is 0. The van der Waals surface area contributed by atoms with Crippen molar-refractivity contribution in [3.8, 4) is 6.07 Å². The minimum absolute atomic E-state index is 0.0719. The summed E-state index contributed by atoms with van der Waals surface area (Å²) in [5.74, 6) is -0.0719. The molecule has 1 heterocycles. The van der Waals surface area contributed by atoms with Gasteiger partial charge in [0.15, 0.2) is 0 Å². The van der Waals surface area contributed by atoms with Gasteiger partial charge in [-0.25, -0.2) is 0 Å². The maximum Gasteiger partial charge on any atom is 0.0887 e. The standard InChI is InChI=1S/C19H20N2/c20-14-18(16-8-2-1-3-9-16)15-21-13-7-6-11-17-10-4-5-12-19(17)21/h1-5,8-10,12,18H,6-7,11,13,15H2. The first-order valence-electron chi connectivity index (χ1n) is 7.66. The Balaban J connectivity index is 1.85. The zero-order chi connectivity index (χ0) is 14.5. The van der Waals surface area contributed by atoms with Gasteiger partial charge in [0.1, 0.15) is 0 Å². The number of hydrogen-bond donors (Lipinski definition) is 0. The monoisotopic (exact) mass is 276 g/mol. The first kappa shape index (κ1) is 13.7. The van der Waals surface area contributed by atoms with E-state index in [1.54, 1.807) is 0 Å². The van der Waals surface area contributed by atoms with E-state index in [-0.39, 0.29) is 5.92 Å². The van der Waals surface area contributed by atoms with Crippen LogP contribution in [0, 0.1) is 11.3 Å². The number of anilines is 1. The number of benzene rings is 2. The second kappa shape index (κ2) is 6.45. The van der Waals surface area contributed by atoms with Crippen LogP contribution in [0.1, 0.15) is 29.9 Å². The Bertz CT molecular complexity index is 628. The maximum atomic E-state index is 9.55. The van der Waals surface area contributed by atoms with E-state index in [0.717, 1.165) is 25.1 Å². The molecular formula is C19H20N2. The van der Waals surface area contributed by atoms with Gasteiger partial charge in [-0.15, -0.1) is 0 Å². The van der Waals surface area contributed by atoms with Gasteiger partial charge in [0.25, 0.3) is 0 Å². The third-order valence-corrected chi connectivity index (χ3v) is 4.22. The molecule has 0 saturated heterocycles. The van der Waals surface area contributed by atoms with Gasteiger partial charge in [0.2, 0.25) is 0 Å². The summed E-state index contributed by atoms with van der Waals surface area (Å²) in [7, 11) is 0. The maximum absolute atomic E-state index is 9.55. The van der Waals surface area contributed by atoms with E-state index in [4.69, 9.17) is 0 Å². The van der Waals surface area contributed by atoms with Crippen molar-refractivity contribution in [3.05, 3.63) is 65.7 Å². The van der Waals surface area contributed by atoms with Crippen LogP contribution in [-0.4, -0.2) is 13.1 Å². The summed E-state index contributed by atoms with van der Waals surface area (Å²) in [6.07, 6.45) is 3.58. The van der Waals surface area contributed by atoms with Crippen LogP contribution in [0.25, 0.3) is 0 Å². The van der Waals surface area contributed by atoms with Gasteiger partial charge >= 0.3 is 0 Å². The highest BCUT2D eigenvalue weighted by atomic mass is 15.1. The Labute approximate surface area is 126 Å². The van der Waals surface area contributed by atoms with Crippen LogP contribution in [-0.2, 0) is 6.42 Å². The zero-order valence-electron chi connectivity index (χ0n) is 12.2. The first-order valence-corrected chi connectivity index (χ1v) is 7.66. The van der Waals surface area contributed by atoms with E-state index in [0.29, 0.717) is 0 Å². The lowest BCUT2D eigenvalue weighted by molar-refractivity contribution is 0.691. The van der Waals surface area contributed by atoms with Gasteiger partial charge in [0.05, 0.1) is 12.0 Å². The molecule has 3 rings (SSSR count). The molecule has 0 amide bonds. The van der Waals surface area contributed by atoms with E-state index in [1.165, 1.54) is 24.1 Å². The molecule has 0 spiro atoms. The lowest BCUT2D eigenvalue weighted by atomic mass is 9.99. The lowest BCUT2D eigenvalue weighted by Gasteiger charge is -2.27. The van der Waals surface area contributed by atoms with Crippen LogP contribution in [0.15, 0.2) is 54.6 Å². The molecular weight excluding hydrogens is 256 g/mol. The topological polar surface area (TPSA) is 27.0 Å².